The van der Waals surface area contributed by atoms with Crippen LogP contribution in [-0.2, 0) is 12.8 Å². The van der Waals surface area contributed by atoms with E-state index in [1.165, 1.54) is 17.3 Å². The number of benzene rings is 1. The molecule has 0 aromatic heterocycles. The fourth-order valence-corrected chi connectivity index (χ4v) is 3.79. The number of dihydropyridines is 1. The van der Waals surface area contributed by atoms with Gasteiger partial charge in [0.05, 0.1) is 0 Å². The van der Waals surface area contributed by atoms with Gasteiger partial charge in [-0.1, -0.05) is 39.5 Å². The minimum Gasteiger partial charge on any atom is -0.363 e. The Morgan fingerprint density at radius 2 is 1.81 bits per heavy atom. The van der Waals surface area contributed by atoms with E-state index >= 15 is 0 Å². The van der Waals surface area contributed by atoms with Crippen molar-refractivity contribution in [3.63, 3.8) is 0 Å². The highest BCUT2D eigenvalue weighted by molar-refractivity contribution is 5.84. The Morgan fingerprint density at radius 1 is 1.16 bits per heavy atom. The Kier molecular flexibility index (Phi) is 10.0. The highest BCUT2D eigenvalue weighted by Crippen LogP contribution is 2.36. The smallest absolute Gasteiger partial charge is 0.363 e. The summed E-state index contributed by atoms with van der Waals surface area (Å²) in [6.07, 6.45) is -0.998. The molecule has 1 aromatic rings. The molecule has 170 valence electrons. The van der Waals surface area contributed by atoms with Gasteiger partial charge in [0.1, 0.15) is 6.04 Å². The maximum absolute atomic E-state index is 13.0. The molecule has 2 nitrogen and oxygen atoms in total. The van der Waals surface area contributed by atoms with Gasteiger partial charge in [-0.15, -0.1) is 26.3 Å². The van der Waals surface area contributed by atoms with E-state index in [9.17, 15) is 13.2 Å². The summed E-state index contributed by atoms with van der Waals surface area (Å²) >= 11 is 0. The van der Waals surface area contributed by atoms with Crippen molar-refractivity contribution in [1.29, 1.82) is 0 Å². The van der Waals surface area contributed by atoms with Crippen LogP contribution >= 0.6 is 0 Å². The normalized spacial score (nSPS) is 17.5. The van der Waals surface area contributed by atoms with Crippen molar-refractivity contribution >= 4 is 11.9 Å². The summed E-state index contributed by atoms with van der Waals surface area (Å²) in [6, 6.07) is 4.90. The van der Waals surface area contributed by atoms with E-state index in [0.29, 0.717) is 19.0 Å². The molecule has 1 aromatic carbocycles. The van der Waals surface area contributed by atoms with Crippen LogP contribution in [0.2, 0.25) is 0 Å². The first-order chi connectivity index (χ1) is 14.7. The third kappa shape index (κ3) is 6.71. The largest absolute Gasteiger partial charge is 0.411 e. The highest BCUT2D eigenvalue weighted by Gasteiger charge is 2.42. The molecule has 0 aliphatic carbocycles. The van der Waals surface area contributed by atoms with Crippen LogP contribution in [0.1, 0.15) is 43.9 Å². The van der Waals surface area contributed by atoms with Gasteiger partial charge in [0.15, 0.2) is 0 Å². The number of alkyl halides is 3. The van der Waals surface area contributed by atoms with Crippen molar-refractivity contribution in [1.82, 2.24) is 4.90 Å². The first kappa shape index (κ1) is 26.5. The van der Waals surface area contributed by atoms with Crippen LogP contribution in [-0.4, -0.2) is 36.4 Å². The van der Waals surface area contributed by atoms with E-state index in [2.05, 4.69) is 81.8 Å². The Labute approximate surface area is 185 Å². The lowest BCUT2D eigenvalue weighted by atomic mass is 9.94. The molecule has 0 bridgehead atoms. The SMILES string of the molecule is C=C.C=C.C=C(c1cc(CC)ccc1CC(C)C)N1CC2=C(CC(C(F)(F)F)N=C2)C1. The zero-order chi connectivity index (χ0) is 23.8. The summed E-state index contributed by atoms with van der Waals surface area (Å²) in [7, 11) is 0. The molecule has 0 amide bonds. The first-order valence-electron chi connectivity index (χ1n) is 10.6. The van der Waals surface area contributed by atoms with Gasteiger partial charge >= 0.3 is 6.18 Å². The maximum atomic E-state index is 13.0. The first-order valence-corrected chi connectivity index (χ1v) is 10.6. The lowest BCUT2D eigenvalue weighted by Gasteiger charge is -2.25. The molecule has 0 radical (unpaired) electrons. The molecular weight excluding hydrogens is 397 g/mol. The molecule has 0 saturated carbocycles. The average molecular weight is 433 g/mol. The number of hydrogen-bond donors (Lipinski definition) is 0. The van der Waals surface area contributed by atoms with Crippen LogP contribution in [0.15, 0.2) is 67.2 Å². The van der Waals surface area contributed by atoms with Crippen LogP contribution in [0.25, 0.3) is 5.70 Å². The fraction of sp³-hybridized carbons (Fsp3) is 0.423. The predicted octanol–water partition coefficient (Wildman–Crippen LogP) is 7.04. The second kappa shape index (κ2) is 11.7. The van der Waals surface area contributed by atoms with Crippen molar-refractivity contribution in [2.75, 3.05) is 13.1 Å². The molecule has 0 N–H and O–H groups in total. The zero-order valence-electron chi connectivity index (χ0n) is 19.1. The van der Waals surface area contributed by atoms with Crippen molar-refractivity contribution in [3.8, 4) is 0 Å². The van der Waals surface area contributed by atoms with Gasteiger partial charge < -0.3 is 4.90 Å². The van der Waals surface area contributed by atoms with Crippen LogP contribution in [0.5, 0.6) is 0 Å². The lowest BCUT2D eigenvalue weighted by Crippen LogP contribution is -2.30. The number of aryl methyl sites for hydroxylation is 1. The number of nitrogens with zero attached hydrogens (tertiary/aromatic N) is 2. The molecule has 2 aliphatic heterocycles. The minimum atomic E-state index is -4.28. The van der Waals surface area contributed by atoms with E-state index in [1.807, 2.05) is 0 Å². The molecular formula is C26H35F3N2. The van der Waals surface area contributed by atoms with Crippen LogP contribution < -0.4 is 0 Å². The Morgan fingerprint density at radius 3 is 2.35 bits per heavy atom. The van der Waals surface area contributed by atoms with E-state index in [1.54, 1.807) is 0 Å². The molecule has 1 atom stereocenters. The predicted molar refractivity (Wildman–Crippen MR) is 127 cm³/mol. The van der Waals surface area contributed by atoms with Crippen LogP contribution in [0.3, 0.4) is 0 Å². The minimum absolute atomic E-state index is 0.0348. The van der Waals surface area contributed by atoms with Crippen LogP contribution in [0, 0.1) is 5.92 Å². The van der Waals surface area contributed by atoms with Gasteiger partial charge in [-0.25, -0.2) is 0 Å². The molecule has 31 heavy (non-hydrogen) atoms. The summed E-state index contributed by atoms with van der Waals surface area (Å²) in [5.74, 6) is 0.522. The molecule has 2 aliphatic rings. The second-order valence-corrected chi connectivity index (χ2v) is 7.91. The average Bonchev–Trinajstić information content (AvgIpc) is 3.19. The van der Waals surface area contributed by atoms with Gasteiger partial charge in [-0.3, -0.25) is 4.99 Å². The molecule has 0 saturated heterocycles. The summed E-state index contributed by atoms with van der Waals surface area (Å²) in [4.78, 5) is 5.82. The Balaban J connectivity index is 0.00000113. The van der Waals surface area contributed by atoms with Gasteiger partial charge in [-0.05, 0) is 47.1 Å². The molecule has 0 fully saturated rings. The van der Waals surface area contributed by atoms with Crippen molar-refractivity contribution < 1.29 is 13.2 Å². The Hall–Kier alpha value is -2.56. The van der Waals surface area contributed by atoms with Gasteiger partial charge in [-0.2, -0.15) is 13.2 Å². The molecule has 5 heteroatoms. The van der Waals surface area contributed by atoms with Crippen molar-refractivity contribution in [2.45, 2.75) is 52.3 Å². The number of hydrogen-bond acceptors (Lipinski definition) is 2. The molecule has 0 spiro atoms. The standard InChI is InChI=1S/C22H27F3N2.2C2H4/c1-5-16-6-7-17(8-14(2)3)20(9-16)15(4)27-12-18-10-21(22(23,24)25)26-11-19(18)13-27;2*1-2/h6-7,9,11,14,21H,4-5,8,10,12-13H2,1-3H3;2*1-2H2. The number of rotatable bonds is 5. The third-order valence-electron chi connectivity index (χ3n) is 5.33. The number of halogens is 3. The van der Waals surface area contributed by atoms with E-state index < -0.39 is 12.2 Å². The lowest BCUT2D eigenvalue weighted by molar-refractivity contribution is -0.146. The summed E-state index contributed by atoms with van der Waals surface area (Å²) in [5, 5.41) is 0. The second-order valence-electron chi connectivity index (χ2n) is 7.91. The molecule has 3 rings (SSSR count). The van der Waals surface area contributed by atoms with E-state index in [-0.39, 0.29) is 6.42 Å². The maximum Gasteiger partial charge on any atom is 0.411 e. The number of aliphatic imine (C=N–C) groups is 1. The zero-order valence-corrected chi connectivity index (χ0v) is 19.1. The summed E-state index contributed by atoms with van der Waals surface area (Å²) in [5.41, 5.74) is 6.26. The molecule has 2 heterocycles. The quantitative estimate of drug-likeness (QED) is 0.456. The summed E-state index contributed by atoms with van der Waals surface area (Å²) in [6.45, 7) is 23.9. The Bertz CT molecular complexity index is 816. The van der Waals surface area contributed by atoms with Crippen LogP contribution in [0.4, 0.5) is 13.2 Å². The van der Waals surface area contributed by atoms with Gasteiger partial charge in [0.2, 0.25) is 0 Å². The monoisotopic (exact) mass is 432 g/mol. The van der Waals surface area contributed by atoms with E-state index in [4.69, 9.17) is 0 Å². The van der Waals surface area contributed by atoms with Gasteiger partial charge in [0, 0.05) is 37.0 Å². The van der Waals surface area contributed by atoms with Crippen molar-refractivity contribution in [3.05, 3.63) is 78.9 Å². The topological polar surface area (TPSA) is 15.6 Å². The fourth-order valence-electron chi connectivity index (χ4n) is 3.79. The highest BCUT2D eigenvalue weighted by atomic mass is 19.4. The van der Waals surface area contributed by atoms with Gasteiger partial charge in [0.25, 0.3) is 0 Å². The van der Waals surface area contributed by atoms with Crippen molar-refractivity contribution in [2.24, 2.45) is 10.9 Å². The summed E-state index contributed by atoms with van der Waals surface area (Å²) < 4.78 is 39.0. The van der Waals surface area contributed by atoms with E-state index in [0.717, 1.165) is 35.2 Å². The molecule has 1 unspecified atom stereocenters. The third-order valence-corrected chi connectivity index (χ3v) is 5.33.